The highest BCUT2D eigenvalue weighted by Crippen LogP contribution is 2.37. The Kier molecular flexibility index (Phi) is 6.16. The normalized spacial score (nSPS) is 17.7. The highest BCUT2D eigenvalue weighted by atomic mass is 19.4. The summed E-state index contributed by atoms with van der Waals surface area (Å²) in [4.78, 5) is 0. The second-order valence-electron chi connectivity index (χ2n) is 10.4. The lowest BCUT2D eigenvalue weighted by Crippen LogP contribution is -2.23. The van der Waals surface area contributed by atoms with E-state index in [1.807, 2.05) is 35.1 Å². The maximum Gasteiger partial charge on any atom is 0.416 e. The van der Waals surface area contributed by atoms with E-state index in [0.29, 0.717) is 29.1 Å². The molecule has 1 atom stereocenters. The van der Waals surface area contributed by atoms with Crippen molar-refractivity contribution in [3.8, 4) is 28.2 Å². The van der Waals surface area contributed by atoms with Gasteiger partial charge in [-0.25, -0.2) is 9.36 Å². The van der Waals surface area contributed by atoms with E-state index in [-0.39, 0.29) is 6.23 Å². The molecule has 1 saturated heterocycles. The molecule has 0 saturated carbocycles. The molecule has 0 spiro atoms. The molecular formula is C30H27F3N6O. The zero-order valence-electron chi connectivity index (χ0n) is 21.7. The molecule has 7 rings (SSSR count). The average molecular weight is 545 g/mol. The van der Waals surface area contributed by atoms with Gasteiger partial charge in [-0.2, -0.15) is 18.3 Å². The molecule has 10 heteroatoms. The lowest BCUT2D eigenvalue weighted by Gasteiger charge is -2.23. The van der Waals surface area contributed by atoms with Crippen molar-refractivity contribution >= 4 is 10.9 Å². The topological polar surface area (TPSA) is 69.8 Å². The summed E-state index contributed by atoms with van der Waals surface area (Å²) in [7, 11) is 0. The van der Waals surface area contributed by atoms with Crippen LogP contribution in [0.3, 0.4) is 0 Å². The Bertz CT molecular complexity index is 1700. The molecule has 7 nitrogen and oxygen atoms in total. The van der Waals surface area contributed by atoms with Gasteiger partial charge in [-0.3, -0.25) is 0 Å². The van der Waals surface area contributed by atoms with Crippen molar-refractivity contribution in [1.29, 1.82) is 0 Å². The van der Waals surface area contributed by atoms with Crippen molar-refractivity contribution in [3.05, 3.63) is 83.6 Å². The number of rotatable bonds is 4. The van der Waals surface area contributed by atoms with Gasteiger partial charge in [0.2, 0.25) is 0 Å². The Morgan fingerprint density at radius 3 is 2.70 bits per heavy atom. The van der Waals surface area contributed by atoms with Crippen molar-refractivity contribution in [2.75, 3.05) is 13.2 Å². The third-order valence-electron chi connectivity index (χ3n) is 7.73. The predicted molar refractivity (Wildman–Crippen MR) is 145 cm³/mol. The number of alkyl halides is 3. The van der Waals surface area contributed by atoms with Crippen LogP contribution in [-0.4, -0.2) is 37.9 Å². The van der Waals surface area contributed by atoms with E-state index in [9.17, 15) is 13.2 Å². The number of ether oxygens (including phenoxy) is 1. The summed E-state index contributed by atoms with van der Waals surface area (Å²) < 4.78 is 49.9. The van der Waals surface area contributed by atoms with Crippen molar-refractivity contribution in [1.82, 2.24) is 30.1 Å². The lowest BCUT2D eigenvalue weighted by molar-refractivity contribution is -0.137. The second-order valence-corrected chi connectivity index (χ2v) is 10.4. The van der Waals surface area contributed by atoms with Crippen LogP contribution in [0.4, 0.5) is 13.2 Å². The number of aromatic nitrogens is 5. The Morgan fingerprint density at radius 2 is 1.85 bits per heavy atom. The number of fused-ring (bicyclic) bond motifs is 2. The Labute approximate surface area is 228 Å². The Morgan fingerprint density at radius 1 is 0.950 bits per heavy atom. The summed E-state index contributed by atoms with van der Waals surface area (Å²) in [5, 5.41) is 18.0. The standard InChI is InChI=1S/C30H27F3N6O/c31-30(32,33)23-5-3-4-20(14-23)21-8-10-27-25(16-21)29(36-39(27)28-6-1-2-13-40-28)26-18-38(37-35-26)24-9-7-19-11-12-34-17-22(19)15-24/h3-5,7-10,14-16,18,28,34H,1-2,6,11-13,17H2. The minimum Gasteiger partial charge on any atom is -0.356 e. The van der Waals surface area contributed by atoms with Crippen LogP contribution in [0.2, 0.25) is 0 Å². The van der Waals surface area contributed by atoms with E-state index < -0.39 is 11.7 Å². The predicted octanol–water partition coefficient (Wildman–Crippen LogP) is 6.31. The Hall–Kier alpha value is -4.02. The van der Waals surface area contributed by atoms with E-state index in [4.69, 9.17) is 9.84 Å². The summed E-state index contributed by atoms with van der Waals surface area (Å²) in [6, 6.07) is 17.3. The molecule has 2 aliphatic heterocycles. The van der Waals surface area contributed by atoms with Gasteiger partial charge in [-0.15, -0.1) is 5.10 Å². The Balaban J connectivity index is 1.33. The molecule has 2 aliphatic rings. The first-order valence-corrected chi connectivity index (χ1v) is 13.5. The molecule has 0 radical (unpaired) electrons. The molecule has 204 valence electrons. The van der Waals surface area contributed by atoms with Crippen LogP contribution < -0.4 is 5.32 Å². The summed E-state index contributed by atoms with van der Waals surface area (Å²) in [6.07, 6.45) is 1.09. The maximum atomic E-state index is 13.4. The summed E-state index contributed by atoms with van der Waals surface area (Å²) >= 11 is 0. The number of benzene rings is 3. The van der Waals surface area contributed by atoms with E-state index in [1.165, 1.54) is 23.3 Å². The minimum atomic E-state index is -4.42. The highest BCUT2D eigenvalue weighted by Gasteiger charge is 2.30. The highest BCUT2D eigenvalue weighted by molar-refractivity contribution is 5.95. The second kappa shape index (κ2) is 9.87. The number of halogens is 3. The molecule has 2 aromatic heterocycles. The van der Waals surface area contributed by atoms with E-state index in [2.05, 4.69) is 27.8 Å². The fourth-order valence-corrected chi connectivity index (χ4v) is 5.63. The fourth-order valence-electron chi connectivity index (χ4n) is 5.63. The van der Waals surface area contributed by atoms with Crippen molar-refractivity contribution in [3.63, 3.8) is 0 Å². The molecule has 0 aliphatic carbocycles. The smallest absolute Gasteiger partial charge is 0.356 e. The van der Waals surface area contributed by atoms with Crippen LogP contribution in [0, 0.1) is 0 Å². The number of nitrogens with zero attached hydrogens (tertiary/aromatic N) is 5. The van der Waals surface area contributed by atoms with E-state index in [0.717, 1.165) is 61.4 Å². The molecular weight excluding hydrogens is 517 g/mol. The van der Waals surface area contributed by atoms with Gasteiger partial charge in [-0.05, 0) is 90.9 Å². The quantitative estimate of drug-likeness (QED) is 0.287. The first kappa shape index (κ1) is 25.0. The van der Waals surface area contributed by atoms with Crippen molar-refractivity contribution in [2.45, 2.75) is 44.6 Å². The first-order chi connectivity index (χ1) is 19.4. The molecule has 1 unspecified atom stereocenters. The van der Waals surface area contributed by atoms with E-state index >= 15 is 0 Å². The molecule has 4 heterocycles. The largest absolute Gasteiger partial charge is 0.416 e. The van der Waals surface area contributed by atoms with E-state index in [1.54, 1.807) is 10.7 Å². The van der Waals surface area contributed by atoms with Crippen LogP contribution in [-0.2, 0) is 23.9 Å². The van der Waals surface area contributed by atoms with Gasteiger partial charge in [0.25, 0.3) is 0 Å². The third kappa shape index (κ3) is 4.56. The monoisotopic (exact) mass is 544 g/mol. The van der Waals surface area contributed by atoms with Gasteiger partial charge < -0.3 is 10.1 Å². The van der Waals surface area contributed by atoms with Crippen LogP contribution in [0.25, 0.3) is 39.1 Å². The van der Waals surface area contributed by atoms with Gasteiger partial charge in [-0.1, -0.05) is 29.5 Å². The maximum absolute atomic E-state index is 13.4. The molecule has 0 amide bonds. The van der Waals surface area contributed by atoms with Gasteiger partial charge >= 0.3 is 6.18 Å². The first-order valence-electron chi connectivity index (χ1n) is 13.5. The van der Waals surface area contributed by atoms with Crippen LogP contribution in [0.1, 0.15) is 42.2 Å². The van der Waals surface area contributed by atoms with Crippen LogP contribution in [0.5, 0.6) is 0 Å². The van der Waals surface area contributed by atoms with Crippen molar-refractivity contribution < 1.29 is 17.9 Å². The van der Waals surface area contributed by atoms with Crippen LogP contribution >= 0.6 is 0 Å². The molecule has 0 bridgehead atoms. The number of nitrogens with one attached hydrogen (secondary N) is 1. The van der Waals surface area contributed by atoms with Crippen molar-refractivity contribution in [2.24, 2.45) is 0 Å². The van der Waals surface area contributed by atoms with Gasteiger partial charge in [0.15, 0.2) is 6.23 Å². The summed E-state index contributed by atoms with van der Waals surface area (Å²) in [5.74, 6) is 0. The summed E-state index contributed by atoms with van der Waals surface area (Å²) in [5.41, 5.74) is 5.99. The van der Waals surface area contributed by atoms with Gasteiger partial charge in [0.05, 0.1) is 23.0 Å². The lowest BCUT2D eigenvalue weighted by atomic mass is 10.0. The minimum absolute atomic E-state index is 0.215. The zero-order chi connectivity index (χ0) is 27.3. The third-order valence-corrected chi connectivity index (χ3v) is 7.73. The van der Waals surface area contributed by atoms with Crippen LogP contribution in [0.15, 0.2) is 66.9 Å². The molecule has 1 fully saturated rings. The SMILES string of the molecule is FC(F)(F)c1cccc(-c2ccc3c(c2)c(-c2cn(-c4ccc5c(c4)CNCC5)nn2)nn3C2CCCCO2)c1. The summed E-state index contributed by atoms with van der Waals surface area (Å²) in [6.45, 7) is 2.45. The molecule has 1 N–H and O–H groups in total. The van der Waals surface area contributed by atoms with Gasteiger partial charge in [0.1, 0.15) is 11.4 Å². The zero-order valence-corrected chi connectivity index (χ0v) is 21.7. The molecule has 3 aromatic carbocycles. The number of hydrogen-bond donors (Lipinski definition) is 1. The molecule has 5 aromatic rings. The fraction of sp³-hybridized carbons (Fsp3) is 0.300. The average Bonchev–Trinajstić information content (AvgIpc) is 3.62. The van der Waals surface area contributed by atoms with Gasteiger partial charge in [0, 0.05) is 18.5 Å². The molecule has 40 heavy (non-hydrogen) atoms. The number of hydrogen-bond acceptors (Lipinski definition) is 5.